The molecule has 3 heteroatoms. The molecule has 1 aliphatic carbocycles. The van der Waals surface area contributed by atoms with Gasteiger partial charge < -0.3 is 4.57 Å². The zero-order valence-electron chi connectivity index (χ0n) is 18.8. The minimum absolute atomic E-state index is 0.141. The Kier molecular flexibility index (Phi) is 6.91. The molecule has 0 saturated heterocycles. The van der Waals surface area contributed by atoms with Gasteiger partial charge in [0, 0.05) is 16.3 Å². The third-order valence-electron chi connectivity index (χ3n) is 6.84. The van der Waals surface area contributed by atoms with Crippen molar-refractivity contribution in [2.45, 2.75) is 37.0 Å². The SMILES string of the molecule is O=P(c1ccccc1)(c1ccccc1)C1CCCCC1P(c1ccccc1)c1ccccc1. The maximum Gasteiger partial charge on any atom is 0.146 e. The highest BCUT2D eigenvalue weighted by molar-refractivity contribution is 7.81. The second kappa shape index (κ2) is 10.2. The lowest BCUT2D eigenvalue weighted by Gasteiger charge is -2.42. The molecule has 5 rings (SSSR count). The highest BCUT2D eigenvalue weighted by Crippen LogP contribution is 2.60. The maximum absolute atomic E-state index is 15.4. The molecule has 0 radical (unpaired) electrons. The van der Waals surface area contributed by atoms with E-state index in [1.807, 2.05) is 36.4 Å². The van der Waals surface area contributed by atoms with Crippen molar-refractivity contribution in [3.05, 3.63) is 121 Å². The summed E-state index contributed by atoms with van der Waals surface area (Å²) in [6.07, 6.45) is 4.51. The highest BCUT2D eigenvalue weighted by atomic mass is 31.2. The van der Waals surface area contributed by atoms with Crippen LogP contribution in [0.1, 0.15) is 25.7 Å². The van der Waals surface area contributed by atoms with Gasteiger partial charge >= 0.3 is 0 Å². The summed E-state index contributed by atoms with van der Waals surface area (Å²) in [4.78, 5) is 0. The molecule has 0 aromatic heterocycles. The van der Waals surface area contributed by atoms with Crippen molar-refractivity contribution in [1.29, 1.82) is 0 Å². The van der Waals surface area contributed by atoms with Gasteiger partial charge in [0.25, 0.3) is 0 Å². The first kappa shape index (κ1) is 22.3. The van der Waals surface area contributed by atoms with Crippen molar-refractivity contribution < 1.29 is 4.57 Å². The molecule has 0 aliphatic heterocycles. The molecule has 0 N–H and O–H groups in total. The molecule has 0 amide bonds. The highest BCUT2D eigenvalue weighted by Gasteiger charge is 2.45. The van der Waals surface area contributed by atoms with Crippen LogP contribution in [-0.4, -0.2) is 11.3 Å². The molecular formula is C30H30OP2. The molecule has 1 nitrogen and oxygen atoms in total. The van der Waals surface area contributed by atoms with Crippen LogP contribution in [-0.2, 0) is 4.57 Å². The summed E-state index contributed by atoms with van der Waals surface area (Å²) >= 11 is 0. The minimum atomic E-state index is -2.83. The Hall–Kier alpha value is -2.46. The van der Waals surface area contributed by atoms with Crippen molar-refractivity contribution in [3.8, 4) is 0 Å². The van der Waals surface area contributed by atoms with Crippen molar-refractivity contribution in [2.75, 3.05) is 0 Å². The van der Waals surface area contributed by atoms with E-state index in [4.69, 9.17) is 0 Å². The molecule has 33 heavy (non-hydrogen) atoms. The molecule has 1 saturated carbocycles. The largest absolute Gasteiger partial charge is 0.313 e. The van der Waals surface area contributed by atoms with Crippen LogP contribution in [0.25, 0.3) is 0 Å². The van der Waals surface area contributed by atoms with Crippen molar-refractivity contribution in [3.63, 3.8) is 0 Å². The average Bonchev–Trinajstić information content (AvgIpc) is 2.91. The van der Waals surface area contributed by atoms with Crippen molar-refractivity contribution in [1.82, 2.24) is 0 Å². The summed E-state index contributed by atoms with van der Waals surface area (Å²) in [5.74, 6) is 0. The number of benzene rings is 4. The normalized spacial score (nSPS) is 18.8. The lowest BCUT2D eigenvalue weighted by Crippen LogP contribution is -2.39. The van der Waals surface area contributed by atoms with E-state index < -0.39 is 15.1 Å². The Morgan fingerprint density at radius 1 is 0.545 bits per heavy atom. The quantitative estimate of drug-likeness (QED) is 0.298. The van der Waals surface area contributed by atoms with E-state index in [0.29, 0.717) is 5.66 Å². The van der Waals surface area contributed by atoms with E-state index in [2.05, 4.69) is 84.9 Å². The van der Waals surface area contributed by atoms with Gasteiger partial charge in [-0.1, -0.05) is 134 Å². The van der Waals surface area contributed by atoms with E-state index in [1.54, 1.807) is 0 Å². The molecule has 166 valence electrons. The van der Waals surface area contributed by atoms with Gasteiger partial charge in [-0.15, -0.1) is 0 Å². The van der Waals surface area contributed by atoms with Gasteiger partial charge in [0.05, 0.1) is 0 Å². The second-order valence-corrected chi connectivity index (χ2v) is 14.2. The van der Waals surface area contributed by atoms with E-state index in [0.717, 1.165) is 29.9 Å². The van der Waals surface area contributed by atoms with E-state index in [9.17, 15) is 0 Å². The van der Waals surface area contributed by atoms with Gasteiger partial charge in [-0.25, -0.2) is 0 Å². The summed E-state index contributed by atoms with van der Waals surface area (Å²) in [5.41, 5.74) is 0.521. The Balaban J connectivity index is 1.68. The molecule has 0 spiro atoms. The Morgan fingerprint density at radius 2 is 0.939 bits per heavy atom. The summed E-state index contributed by atoms with van der Waals surface area (Å²) < 4.78 is 15.4. The molecule has 4 aromatic carbocycles. The van der Waals surface area contributed by atoms with Gasteiger partial charge in [0.15, 0.2) is 0 Å². The molecule has 2 unspecified atom stereocenters. The Morgan fingerprint density at radius 3 is 1.39 bits per heavy atom. The first-order chi connectivity index (χ1) is 16.3. The molecule has 0 bridgehead atoms. The Bertz CT molecular complexity index is 1110. The van der Waals surface area contributed by atoms with Gasteiger partial charge in [0.2, 0.25) is 0 Å². The fraction of sp³-hybridized carbons (Fsp3) is 0.200. The topological polar surface area (TPSA) is 17.1 Å². The first-order valence-electron chi connectivity index (χ1n) is 11.9. The maximum atomic E-state index is 15.4. The number of rotatable bonds is 6. The monoisotopic (exact) mass is 468 g/mol. The van der Waals surface area contributed by atoms with Gasteiger partial charge in [-0.2, -0.15) is 0 Å². The zero-order valence-corrected chi connectivity index (χ0v) is 20.6. The molecular weight excluding hydrogens is 438 g/mol. The zero-order chi connectivity index (χ0) is 22.5. The lowest BCUT2D eigenvalue weighted by molar-refractivity contribution is 0.497. The average molecular weight is 469 g/mol. The van der Waals surface area contributed by atoms with Gasteiger partial charge in [0.1, 0.15) is 7.14 Å². The minimum Gasteiger partial charge on any atom is -0.313 e. The molecule has 0 heterocycles. The summed E-state index contributed by atoms with van der Waals surface area (Å²) in [6, 6.07) is 42.5. The van der Waals surface area contributed by atoms with Crippen molar-refractivity contribution >= 4 is 36.3 Å². The summed E-state index contributed by atoms with van der Waals surface area (Å²) in [6.45, 7) is 0. The predicted octanol–water partition coefficient (Wildman–Crippen LogP) is 6.44. The van der Waals surface area contributed by atoms with Crippen LogP contribution in [0, 0.1) is 0 Å². The molecule has 1 aliphatic rings. The Labute approximate surface area is 199 Å². The lowest BCUT2D eigenvalue weighted by atomic mass is 9.99. The van der Waals surface area contributed by atoms with E-state index in [-0.39, 0.29) is 5.66 Å². The fourth-order valence-electron chi connectivity index (χ4n) is 5.36. The van der Waals surface area contributed by atoms with Crippen LogP contribution < -0.4 is 21.2 Å². The van der Waals surface area contributed by atoms with Crippen LogP contribution in [0.3, 0.4) is 0 Å². The van der Waals surface area contributed by atoms with Crippen LogP contribution in [0.15, 0.2) is 121 Å². The van der Waals surface area contributed by atoms with Crippen LogP contribution >= 0.6 is 15.1 Å². The smallest absolute Gasteiger partial charge is 0.146 e. The van der Waals surface area contributed by atoms with Gasteiger partial charge in [-0.3, -0.25) is 0 Å². The third kappa shape index (κ3) is 4.50. The predicted molar refractivity (Wildman–Crippen MR) is 145 cm³/mol. The third-order valence-corrected chi connectivity index (χ3v) is 13.7. The molecule has 1 fully saturated rings. The molecule has 2 atom stereocenters. The summed E-state index contributed by atoms with van der Waals surface area (Å²) in [7, 11) is -3.46. The van der Waals surface area contributed by atoms with Crippen molar-refractivity contribution in [2.24, 2.45) is 0 Å². The first-order valence-corrected chi connectivity index (χ1v) is 15.1. The van der Waals surface area contributed by atoms with E-state index in [1.165, 1.54) is 17.0 Å². The fourth-order valence-corrected chi connectivity index (χ4v) is 12.8. The second-order valence-electron chi connectivity index (χ2n) is 8.79. The van der Waals surface area contributed by atoms with Crippen LogP contribution in [0.5, 0.6) is 0 Å². The van der Waals surface area contributed by atoms with Crippen LogP contribution in [0.2, 0.25) is 0 Å². The molecule has 4 aromatic rings. The van der Waals surface area contributed by atoms with Crippen LogP contribution in [0.4, 0.5) is 0 Å². The number of hydrogen-bond donors (Lipinski definition) is 0. The summed E-state index contributed by atoms with van der Waals surface area (Å²) in [5, 5.41) is 4.79. The van der Waals surface area contributed by atoms with E-state index >= 15 is 4.57 Å². The van der Waals surface area contributed by atoms with Gasteiger partial charge in [-0.05, 0) is 37.0 Å². The number of hydrogen-bond acceptors (Lipinski definition) is 1. The standard InChI is InChI=1S/C30H30OP2/c31-33(27-19-9-3-10-20-27,28-21-11-4-12-22-28)30-24-14-13-23-29(30)32(25-15-5-1-6-16-25)26-17-7-2-8-18-26/h1-12,15-22,29-30H,13-14,23-24H2.